The van der Waals surface area contributed by atoms with Gasteiger partial charge >= 0.3 is 6.03 Å². The molecule has 8 heteroatoms. The highest BCUT2D eigenvalue weighted by Gasteiger charge is 2.49. The van der Waals surface area contributed by atoms with Crippen molar-refractivity contribution in [3.8, 4) is 5.75 Å². The Morgan fingerprint density at radius 2 is 2.17 bits per heavy atom. The lowest BCUT2D eigenvalue weighted by molar-refractivity contribution is -0.132. The molecule has 1 fully saturated rings. The zero-order chi connectivity index (χ0) is 17.0. The Morgan fingerprint density at radius 3 is 2.83 bits per heavy atom. The van der Waals surface area contributed by atoms with E-state index < -0.39 is 17.5 Å². The summed E-state index contributed by atoms with van der Waals surface area (Å²) in [6.07, 6.45) is 0.878. The zero-order valence-electron chi connectivity index (χ0n) is 13.3. The summed E-state index contributed by atoms with van der Waals surface area (Å²) in [5.41, 5.74) is 2.08. The van der Waals surface area contributed by atoms with Gasteiger partial charge in [-0.15, -0.1) is 0 Å². The summed E-state index contributed by atoms with van der Waals surface area (Å²) in [6.45, 7) is 4.29. The van der Waals surface area contributed by atoms with Crippen LogP contribution in [-0.2, 0) is 10.3 Å². The van der Waals surface area contributed by atoms with Crippen molar-refractivity contribution in [2.45, 2.75) is 25.8 Å². The maximum absolute atomic E-state index is 12.7. The first-order valence-corrected chi connectivity index (χ1v) is 7.69. The SMILES string of the molecule is CCCNC(=S)NN1C(=O)N[C@@](C)(c2cccc(OC)c2)C1=O. The second-order valence-corrected chi connectivity index (χ2v) is 5.70. The van der Waals surface area contributed by atoms with Gasteiger partial charge in [-0.05, 0) is 43.3 Å². The second kappa shape index (κ2) is 6.82. The Bertz CT molecular complexity index is 637. The van der Waals surface area contributed by atoms with E-state index in [2.05, 4.69) is 16.1 Å². The van der Waals surface area contributed by atoms with Crippen LogP contribution in [0.2, 0.25) is 0 Å². The lowest BCUT2D eigenvalue weighted by atomic mass is 9.92. The molecular formula is C15H20N4O3S. The Morgan fingerprint density at radius 1 is 1.43 bits per heavy atom. The number of amides is 3. The zero-order valence-corrected chi connectivity index (χ0v) is 14.1. The van der Waals surface area contributed by atoms with Gasteiger partial charge in [0, 0.05) is 6.54 Å². The molecule has 0 saturated carbocycles. The number of rotatable bonds is 5. The minimum absolute atomic E-state index is 0.227. The Labute approximate surface area is 140 Å². The number of hydrogen-bond acceptors (Lipinski definition) is 4. The Hall–Kier alpha value is -2.35. The normalized spacial score (nSPS) is 20.2. The van der Waals surface area contributed by atoms with Crippen molar-refractivity contribution < 1.29 is 14.3 Å². The van der Waals surface area contributed by atoms with E-state index in [1.165, 1.54) is 0 Å². The highest BCUT2D eigenvalue weighted by molar-refractivity contribution is 7.80. The third-order valence-electron chi connectivity index (χ3n) is 3.59. The number of thiocarbonyl (C=S) groups is 1. The van der Waals surface area contributed by atoms with E-state index in [4.69, 9.17) is 17.0 Å². The molecule has 3 N–H and O–H groups in total. The van der Waals surface area contributed by atoms with Crippen LogP contribution in [-0.4, -0.2) is 35.7 Å². The maximum atomic E-state index is 12.7. The molecule has 0 spiro atoms. The molecule has 23 heavy (non-hydrogen) atoms. The molecule has 1 aliphatic rings. The van der Waals surface area contributed by atoms with Gasteiger partial charge < -0.3 is 15.4 Å². The topological polar surface area (TPSA) is 82.7 Å². The number of nitrogens with one attached hydrogen (secondary N) is 3. The lowest BCUT2D eigenvalue weighted by Crippen LogP contribution is -2.51. The van der Waals surface area contributed by atoms with E-state index in [0.717, 1.165) is 11.4 Å². The van der Waals surface area contributed by atoms with Gasteiger partial charge in [0.25, 0.3) is 5.91 Å². The van der Waals surface area contributed by atoms with Crippen molar-refractivity contribution in [2.75, 3.05) is 13.7 Å². The molecule has 2 rings (SSSR count). The van der Waals surface area contributed by atoms with Gasteiger partial charge in [-0.1, -0.05) is 19.1 Å². The van der Waals surface area contributed by atoms with Gasteiger partial charge in [-0.25, -0.2) is 4.79 Å². The summed E-state index contributed by atoms with van der Waals surface area (Å²) < 4.78 is 5.17. The molecule has 0 aliphatic carbocycles. The average Bonchev–Trinajstić information content (AvgIpc) is 2.77. The van der Waals surface area contributed by atoms with Gasteiger partial charge in [-0.3, -0.25) is 10.2 Å². The van der Waals surface area contributed by atoms with Crippen LogP contribution >= 0.6 is 12.2 Å². The first-order valence-electron chi connectivity index (χ1n) is 7.28. The number of ether oxygens (including phenoxy) is 1. The number of carbonyl (C=O) groups excluding carboxylic acids is 2. The fraction of sp³-hybridized carbons (Fsp3) is 0.400. The van der Waals surface area contributed by atoms with Crippen LogP contribution < -0.4 is 20.8 Å². The first-order chi connectivity index (χ1) is 10.9. The molecule has 124 valence electrons. The molecule has 1 saturated heterocycles. The van der Waals surface area contributed by atoms with E-state index in [-0.39, 0.29) is 5.11 Å². The fourth-order valence-electron chi connectivity index (χ4n) is 2.25. The van der Waals surface area contributed by atoms with Gasteiger partial charge in [0.15, 0.2) is 5.11 Å². The molecule has 0 unspecified atom stereocenters. The molecule has 1 aromatic rings. The van der Waals surface area contributed by atoms with Crippen molar-refractivity contribution >= 4 is 29.3 Å². The Kier molecular flexibility index (Phi) is 5.05. The highest BCUT2D eigenvalue weighted by Crippen LogP contribution is 2.30. The second-order valence-electron chi connectivity index (χ2n) is 5.30. The molecule has 0 bridgehead atoms. The number of urea groups is 1. The molecule has 1 aromatic carbocycles. The standard InChI is InChI=1S/C15H20N4O3S/c1-4-8-16-13(23)18-19-12(20)15(2,17-14(19)21)10-6-5-7-11(9-10)22-3/h5-7,9H,4,8H2,1-3H3,(H,17,21)(H2,16,18,23)/t15-/m0/s1. The summed E-state index contributed by atoms with van der Waals surface area (Å²) in [4.78, 5) is 24.8. The predicted octanol–water partition coefficient (Wildman–Crippen LogP) is 1.25. The molecule has 0 radical (unpaired) electrons. The molecule has 1 atom stereocenters. The minimum Gasteiger partial charge on any atom is -0.497 e. The minimum atomic E-state index is -1.18. The van der Waals surface area contributed by atoms with Crippen LogP contribution in [0.4, 0.5) is 4.79 Å². The highest BCUT2D eigenvalue weighted by atomic mass is 32.1. The van der Waals surface area contributed by atoms with E-state index >= 15 is 0 Å². The largest absolute Gasteiger partial charge is 0.497 e. The summed E-state index contributed by atoms with van der Waals surface area (Å²) >= 11 is 5.08. The lowest BCUT2D eigenvalue weighted by Gasteiger charge is -2.23. The van der Waals surface area contributed by atoms with Crippen molar-refractivity contribution in [3.05, 3.63) is 29.8 Å². The third-order valence-corrected chi connectivity index (χ3v) is 3.82. The van der Waals surface area contributed by atoms with Gasteiger partial charge in [0.05, 0.1) is 7.11 Å². The van der Waals surface area contributed by atoms with Gasteiger partial charge in [0.1, 0.15) is 11.3 Å². The summed E-state index contributed by atoms with van der Waals surface area (Å²) in [5, 5.41) is 6.72. The van der Waals surface area contributed by atoms with Crippen LogP contribution in [0.25, 0.3) is 0 Å². The molecule has 1 heterocycles. The van der Waals surface area contributed by atoms with Crippen molar-refractivity contribution in [1.82, 2.24) is 21.1 Å². The summed E-state index contributed by atoms with van der Waals surface area (Å²) in [7, 11) is 1.54. The van der Waals surface area contributed by atoms with E-state index in [1.54, 1.807) is 38.3 Å². The monoisotopic (exact) mass is 336 g/mol. The number of methoxy groups -OCH3 is 1. The van der Waals surface area contributed by atoms with Crippen LogP contribution in [0, 0.1) is 0 Å². The number of hydrazine groups is 1. The first kappa shape index (κ1) is 17.0. The van der Waals surface area contributed by atoms with Crippen LogP contribution in [0.1, 0.15) is 25.8 Å². The number of nitrogens with zero attached hydrogens (tertiary/aromatic N) is 1. The quantitative estimate of drug-likeness (QED) is 0.555. The smallest absolute Gasteiger partial charge is 0.344 e. The molecule has 3 amide bonds. The van der Waals surface area contributed by atoms with Crippen LogP contribution in [0.3, 0.4) is 0 Å². The van der Waals surface area contributed by atoms with Crippen molar-refractivity contribution in [3.63, 3.8) is 0 Å². The summed E-state index contributed by atoms with van der Waals surface area (Å²) in [6, 6.07) is 6.46. The molecule has 0 aromatic heterocycles. The van der Waals surface area contributed by atoms with E-state index in [0.29, 0.717) is 17.9 Å². The summed E-state index contributed by atoms with van der Waals surface area (Å²) in [5.74, 6) is 0.175. The predicted molar refractivity (Wildman–Crippen MR) is 89.8 cm³/mol. The number of hydrogen-bond donors (Lipinski definition) is 3. The van der Waals surface area contributed by atoms with Crippen LogP contribution in [0.15, 0.2) is 24.3 Å². The number of carbonyl (C=O) groups is 2. The maximum Gasteiger partial charge on any atom is 0.344 e. The molecular weight excluding hydrogens is 316 g/mol. The van der Waals surface area contributed by atoms with E-state index in [9.17, 15) is 9.59 Å². The Balaban J connectivity index is 2.20. The van der Waals surface area contributed by atoms with E-state index in [1.807, 2.05) is 6.92 Å². The molecule has 7 nitrogen and oxygen atoms in total. The average molecular weight is 336 g/mol. The molecule has 1 aliphatic heterocycles. The number of benzene rings is 1. The third kappa shape index (κ3) is 3.37. The van der Waals surface area contributed by atoms with Crippen molar-refractivity contribution in [2.24, 2.45) is 0 Å². The van der Waals surface area contributed by atoms with Gasteiger partial charge in [0.2, 0.25) is 0 Å². The number of imide groups is 1. The van der Waals surface area contributed by atoms with Crippen molar-refractivity contribution in [1.29, 1.82) is 0 Å². The fourth-order valence-corrected chi connectivity index (χ4v) is 2.44. The van der Waals surface area contributed by atoms with Gasteiger partial charge in [-0.2, -0.15) is 5.01 Å². The van der Waals surface area contributed by atoms with Crippen LogP contribution in [0.5, 0.6) is 5.75 Å².